The van der Waals surface area contributed by atoms with Crippen molar-refractivity contribution in [1.29, 1.82) is 0 Å². The summed E-state index contributed by atoms with van der Waals surface area (Å²) in [6, 6.07) is 9.11. The number of methoxy groups -OCH3 is 1. The maximum atomic E-state index is 11.8. The van der Waals surface area contributed by atoms with Crippen LogP contribution in [0.5, 0.6) is 5.75 Å². The molecule has 0 bridgehead atoms. The highest BCUT2D eigenvalue weighted by atomic mass is 79.9. The van der Waals surface area contributed by atoms with Gasteiger partial charge >= 0.3 is 0 Å². The first-order valence-corrected chi connectivity index (χ1v) is 8.29. The van der Waals surface area contributed by atoms with Gasteiger partial charge in [0, 0.05) is 11.6 Å². The fourth-order valence-corrected chi connectivity index (χ4v) is 3.09. The van der Waals surface area contributed by atoms with Crippen molar-refractivity contribution in [2.24, 2.45) is 0 Å². The van der Waals surface area contributed by atoms with Gasteiger partial charge in [0.25, 0.3) is 11.8 Å². The standard InChI is InChI=1S/C16H15BrN2O3S/c1-10-3-5-12(22-2)11(9-10)4-8-15(20)18-19-16(21)13-6-7-14(17)23-13/h3-9H,1-2H3,(H,18,20)(H,19,21)/b8-4+. The van der Waals surface area contributed by atoms with Crippen molar-refractivity contribution in [3.8, 4) is 5.75 Å². The molecule has 0 aliphatic rings. The first-order valence-electron chi connectivity index (χ1n) is 6.68. The topological polar surface area (TPSA) is 67.4 Å². The van der Waals surface area contributed by atoms with Gasteiger partial charge in [-0.2, -0.15) is 0 Å². The van der Waals surface area contributed by atoms with Gasteiger partial charge in [0.1, 0.15) is 5.75 Å². The van der Waals surface area contributed by atoms with E-state index in [1.807, 2.05) is 25.1 Å². The fourth-order valence-electron chi connectivity index (χ4n) is 1.81. The van der Waals surface area contributed by atoms with Crippen LogP contribution in [-0.4, -0.2) is 18.9 Å². The molecule has 0 unspecified atom stereocenters. The van der Waals surface area contributed by atoms with Gasteiger partial charge in [-0.3, -0.25) is 20.4 Å². The maximum Gasteiger partial charge on any atom is 0.279 e. The zero-order valence-corrected chi connectivity index (χ0v) is 15.0. The quantitative estimate of drug-likeness (QED) is 0.617. The average Bonchev–Trinajstić information content (AvgIpc) is 2.97. The van der Waals surface area contributed by atoms with Crippen LogP contribution >= 0.6 is 27.3 Å². The van der Waals surface area contributed by atoms with Crippen LogP contribution in [0.3, 0.4) is 0 Å². The number of aryl methyl sites for hydroxylation is 1. The second-order valence-corrected chi connectivity index (χ2v) is 7.09. The molecule has 0 saturated heterocycles. The molecule has 5 nitrogen and oxygen atoms in total. The lowest BCUT2D eigenvalue weighted by molar-refractivity contribution is -0.117. The van der Waals surface area contributed by atoms with Crippen LogP contribution < -0.4 is 15.6 Å². The van der Waals surface area contributed by atoms with E-state index in [0.717, 1.165) is 14.9 Å². The zero-order valence-electron chi connectivity index (χ0n) is 12.6. The van der Waals surface area contributed by atoms with E-state index in [9.17, 15) is 9.59 Å². The number of hydrogen-bond donors (Lipinski definition) is 2. The lowest BCUT2D eigenvalue weighted by Gasteiger charge is -2.06. The number of thiophene rings is 1. The summed E-state index contributed by atoms with van der Waals surface area (Å²) in [7, 11) is 1.57. The van der Waals surface area contributed by atoms with Crippen molar-refractivity contribution in [1.82, 2.24) is 10.9 Å². The first-order chi connectivity index (χ1) is 11.0. The molecule has 1 aromatic heterocycles. The molecule has 1 aromatic carbocycles. The Morgan fingerprint density at radius 3 is 2.65 bits per heavy atom. The first kappa shape index (κ1) is 17.2. The van der Waals surface area contributed by atoms with Gasteiger partial charge in [-0.05, 0) is 53.2 Å². The molecule has 7 heteroatoms. The molecule has 0 saturated carbocycles. The van der Waals surface area contributed by atoms with E-state index in [0.29, 0.717) is 10.6 Å². The predicted octanol–water partition coefficient (Wildman–Crippen LogP) is 3.30. The van der Waals surface area contributed by atoms with Crippen LogP contribution in [-0.2, 0) is 4.79 Å². The summed E-state index contributed by atoms with van der Waals surface area (Å²) in [6.45, 7) is 1.95. The SMILES string of the molecule is COc1ccc(C)cc1/C=C/C(=O)NNC(=O)c1ccc(Br)s1. The van der Waals surface area contributed by atoms with Crippen LogP contribution in [0.15, 0.2) is 40.2 Å². The van der Waals surface area contributed by atoms with Crippen molar-refractivity contribution in [2.45, 2.75) is 6.92 Å². The van der Waals surface area contributed by atoms with E-state index in [1.54, 1.807) is 25.3 Å². The minimum Gasteiger partial charge on any atom is -0.496 e. The molecule has 0 radical (unpaired) electrons. The Kier molecular flexibility index (Phi) is 5.95. The highest BCUT2D eigenvalue weighted by Gasteiger charge is 2.08. The van der Waals surface area contributed by atoms with Gasteiger partial charge in [0.15, 0.2) is 0 Å². The number of ether oxygens (including phenoxy) is 1. The molecule has 0 spiro atoms. The fraction of sp³-hybridized carbons (Fsp3) is 0.125. The molecule has 2 N–H and O–H groups in total. The van der Waals surface area contributed by atoms with Gasteiger partial charge in [-0.25, -0.2) is 0 Å². The Morgan fingerprint density at radius 1 is 1.22 bits per heavy atom. The number of amides is 2. The maximum absolute atomic E-state index is 11.8. The number of rotatable bonds is 4. The lowest BCUT2D eigenvalue weighted by Crippen LogP contribution is -2.40. The van der Waals surface area contributed by atoms with Crippen LogP contribution in [0.1, 0.15) is 20.8 Å². The average molecular weight is 395 g/mol. The highest BCUT2D eigenvalue weighted by molar-refractivity contribution is 9.11. The molecule has 120 valence electrons. The van der Waals surface area contributed by atoms with Crippen LogP contribution in [0.25, 0.3) is 6.08 Å². The van der Waals surface area contributed by atoms with Gasteiger partial charge in [0.05, 0.1) is 15.8 Å². The molecule has 0 aliphatic heterocycles. The highest BCUT2D eigenvalue weighted by Crippen LogP contribution is 2.22. The van der Waals surface area contributed by atoms with Crippen molar-refractivity contribution in [3.05, 3.63) is 56.2 Å². The van der Waals surface area contributed by atoms with Crippen LogP contribution in [0, 0.1) is 6.92 Å². The summed E-state index contributed by atoms with van der Waals surface area (Å²) >= 11 is 4.56. The largest absolute Gasteiger partial charge is 0.496 e. The van der Waals surface area contributed by atoms with Crippen molar-refractivity contribution in [2.75, 3.05) is 7.11 Å². The third-order valence-electron chi connectivity index (χ3n) is 2.90. The monoisotopic (exact) mass is 394 g/mol. The number of hydrogen-bond acceptors (Lipinski definition) is 4. The Morgan fingerprint density at radius 2 is 2.00 bits per heavy atom. The summed E-state index contributed by atoms with van der Waals surface area (Å²) in [5.41, 5.74) is 6.54. The second-order valence-electron chi connectivity index (χ2n) is 4.63. The number of carbonyl (C=O) groups is 2. The van der Waals surface area contributed by atoms with Crippen molar-refractivity contribution in [3.63, 3.8) is 0 Å². The second kappa shape index (κ2) is 7.94. The molecule has 0 atom stereocenters. The number of carbonyl (C=O) groups excluding carboxylic acids is 2. The molecule has 2 aromatic rings. The molecule has 2 rings (SSSR count). The predicted molar refractivity (Wildman–Crippen MR) is 94.4 cm³/mol. The number of nitrogens with one attached hydrogen (secondary N) is 2. The van der Waals surface area contributed by atoms with Gasteiger partial charge in [0.2, 0.25) is 0 Å². The summed E-state index contributed by atoms with van der Waals surface area (Å²) < 4.78 is 6.08. The lowest BCUT2D eigenvalue weighted by atomic mass is 10.1. The molecular formula is C16H15BrN2O3S. The van der Waals surface area contributed by atoms with Gasteiger partial charge in [-0.1, -0.05) is 11.6 Å². The smallest absolute Gasteiger partial charge is 0.279 e. The van der Waals surface area contributed by atoms with E-state index in [4.69, 9.17) is 4.74 Å². The van der Waals surface area contributed by atoms with E-state index < -0.39 is 5.91 Å². The summed E-state index contributed by atoms with van der Waals surface area (Å²) in [4.78, 5) is 24.1. The molecular weight excluding hydrogens is 380 g/mol. The Labute approximate surface area is 146 Å². The summed E-state index contributed by atoms with van der Waals surface area (Å²) in [5, 5.41) is 0. The number of benzene rings is 1. The van der Waals surface area contributed by atoms with Gasteiger partial charge in [-0.15, -0.1) is 11.3 Å². The van der Waals surface area contributed by atoms with E-state index in [-0.39, 0.29) is 5.91 Å². The molecule has 0 fully saturated rings. The summed E-state index contributed by atoms with van der Waals surface area (Å²) in [6.07, 6.45) is 2.97. The number of hydrazine groups is 1. The van der Waals surface area contributed by atoms with Crippen molar-refractivity contribution < 1.29 is 14.3 Å². The minimum absolute atomic E-state index is 0.365. The molecule has 1 heterocycles. The molecule has 0 aliphatic carbocycles. The molecule has 2 amide bonds. The third kappa shape index (κ3) is 4.94. The Balaban J connectivity index is 1.94. The van der Waals surface area contributed by atoms with E-state index in [2.05, 4.69) is 26.8 Å². The van der Waals surface area contributed by atoms with Crippen molar-refractivity contribution >= 4 is 45.2 Å². The Hall–Kier alpha value is -2.12. The zero-order chi connectivity index (χ0) is 16.8. The van der Waals surface area contributed by atoms with Gasteiger partial charge < -0.3 is 4.74 Å². The van der Waals surface area contributed by atoms with Crippen LogP contribution in [0.2, 0.25) is 0 Å². The van der Waals surface area contributed by atoms with Crippen LogP contribution in [0.4, 0.5) is 0 Å². The summed E-state index contributed by atoms with van der Waals surface area (Å²) in [5.74, 6) is -0.125. The normalized spacial score (nSPS) is 10.6. The van der Waals surface area contributed by atoms with E-state index >= 15 is 0 Å². The number of halogens is 1. The molecule has 23 heavy (non-hydrogen) atoms. The third-order valence-corrected chi connectivity index (χ3v) is 4.52. The Bertz CT molecular complexity index is 756. The minimum atomic E-state index is -0.433. The van der Waals surface area contributed by atoms with E-state index in [1.165, 1.54) is 17.4 Å².